The number of rotatable bonds is 5. The van der Waals surface area contributed by atoms with Crippen molar-refractivity contribution in [2.75, 3.05) is 19.6 Å². The molecule has 0 spiro atoms. The van der Waals surface area contributed by atoms with E-state index in [-0.39, 0.29) is 0 Å². The molecule has 0 radical (unpaired) electrons. The van der Waals surface area contributed by atoms with Gasteiger partial charge in [0.25, 0.3) is 0 Å². The number of hydrogen-bond donors (Lipinski definition) is 1. The van der Waals surface area contributed by atoms with E-state index in [0.29, 0.717) is 0 Å². The van der Waals surface area contributed by atoms with Crippen LogP contribution in [0.1, 0.15) is 38.5 Å². The van der Waals surface area contributed by atoms with Crippen LogP contribution in [0.2, 0.25) is 0 Å². The van der Waals surface area contributed by atoms with E-state index in [1.54, 1.807) is 0 Å². The fourth-order valence-corrected chi connectivity index (χ4v) is 2.58. The molecule has 18 heavy (non-hydrogen) atoms. The first-order chi connectivity index (χ1) is 8.69. The fourth-order valence-electron chi connectivity index (χ4n) is 2.58. The van der Waals surface area contributed by atoms with Gasteiger partial charge in [-0.25, -0.2) is 0 Å². The van der Waals surface area contributed by atoms with E-state index in [1.807, 2.05) is 6.26 Å². The van der Waals surface area contributed by atoms with Gasteiger partial charge < -0.3 is 9.73 Å². The molecule has 1 saturated heterocycles. The molecule has 2 unspecified atom stereocenters. The van der Waals surface area contributed by atoms with Crippen molar-refractivity contribution in [3.8, 4) is 0 Å². The molecular weight excluding hydrogens is 224 g/mol. The Hall–Kier alpha value is -0.800. The van der Waals surface area contributed by atoms with Gasteiger partial charge in [0.05, 0.1) is 12.8 Å². The summed E-state index contributed by atoms with van der Waals surface area (Å²) in [6, 6.07) is 2.19. The summed E-state index contributed by atoms with van der Waals surface area (Å²) in [6.45, 7) is 12.1. The van der Waals surface area contributed by atoms with Crippen LogP contribution >= 0.6 is 0 Å². The van der Waals surface area contributed by atoms with Gasteiger partial charge in [-0.2, -0.15) is 0 Å². The molecule has 3 heteroatoms. The number of furan rings is 1. The zero-order valence-electron chi connectivity index (χ0n) is 11.9. The second-order valence-electron chi connectivity index (χ2n) is 5.68. The third-order valence-electron chi connectivity index (χ3n) is 4.08. The van der Waals surface area contributed by atoms with Crippen molar-refractivity contribution in [1.29, 1.82) is 0 Å². The van der Waals surface area contributed by atoms with Gasteiger partial charge in [-0.1, -0.05) is 20.8 Å². The molecular formula is C15H26N2O. The smallest absolute Gasteiger partial charge is 0.118 e. The summed E-state index contributed by atoms with van der Waals surface area (Å²) in [5.74, 6) is 2.77. The molecule has 0 bridgehead atoms. The minimum absolute atomic E-state index is 0.801. The van der Waals surface area contributed by atoms with E-state index in [0.717, 1.165) is 37.2 Å². The summed E-state index contributed by atoms with van der Waals surface area (Å²) < 4.78 is 5.64. The Morgan fingerprint density at radius 3 is 2.94 bits per heavy atom. The lowest BCUT2D eigenvalue weighted by Crippen LogP contribution is -2.37. The molecule has 2 heterocycles. The number of nitrogens with one attached hydrogen (secondary N) is 1. The Labute approximate surface area is 111 Å². The van der Waals surface area contributed by atoms with Crippen LogP contribution in [0.5, 0.6) is 0 Å². The second kappa shape index (κ2) is 6.39. The monoisotopic (exact) mass is 250 g/mol. The molecule has 1 aliphatic rings. The SMILES string of the molecule is CCNCc1coc(CN2CCC(C)C(C)C2)c1. The molecule has 0 aromatic carbocycles. The zero-order chi connectivity index (χ0) is 13.0. The van der Waals surface area contributed by atoms with Gasteiger partial charge in [-0.15, -0.1) is 0 Å². The molecule has 1 aromatic rings. The van der Waals surface area contributed by atoms with Crippen LogP contribution in [0, 0.1) is 11.8 Å². The standard InChI is InChI=1S/C15H26N2O/c1-4-16-8-14-7-15(18-11-14)10-17-6-5-12(2)13(3)9-17/h7,11-13,16H,4-6,8-10H2,1-3H3. The third-order valence-corrected chi connectivity index (χ3v) is 4.08. The Morgan fingerprint density at radius 1 is 1.39 bits per heavy atom. The average molecular weight is 250 g/mol. The van der Waals surface area contributed by atoms with Crippen LogP contribution in [0.3, 0.4) is 0 Å². The first-order valence-electron chi connectivity index (χ1n) is 7.18. The Bertz CT molecular complexity index is 361. The predicted molar refractivity (Wildman–Crippen MR) is 74.3 cm³/mol. The molecule has 0 aliphatic carbocycles. The van der Waals surface area contributed by atoms with Crippen molar-refractivity contribution in [2.45, 2.75) is 40.3 Å². The molecule has 3 nitrogen and oxygen atoms in total. The molecule has 102 valence electrons. The number of hydrogen-bond acceptors (Lipinski definition) is 3. The van der Waals surface area contributed by atoms with Gasteiger partial charge >= 0.3 is 0 Å². The first kappa shape index (κ1) is 13.6. The van der Waals surface area contributed by atoms with Gasteiger partial charge in [-0.3, -0.25) is 4.90 Å². The Kier molecular flexibility index (Phi) is 4.84. The van der Waals surface area contributed by atoms with Gasteiger partial charge in [0.15, 0.2) is 0 Å². The Morgan fingerprint density at radius 2 is 2.22 bits per heavy atom. The molecule has 1 aromatic heterocycles. The van der Waals surface area contributed by atoms with Crippen molar-refractivity contribution in [3.05, 3.63) is 23.7 Å². The lowest BCUT2D eigenvalue weighted by Gasteiger charge is -2.34. The normalized spacial score (nSPS) is 25.5. The highest BCUT2D eigenvalue weighted by Crippen LogP contribution is 2.24. The molecule has 1 aliphatic heterocycles. The number of piperidine rings is 1. The minimum atomic E-state index is 0.801. The van der Waals surface area contributed by atoms with Gasteiger partial charge in [0.2, 0.25) is 0 Å². The van der Waals surface area contributed by atoms with E-state index in [2.05, 4.69) is 37.1 Å². The lowest BCUT2D eigenvalue weighted by molar-refractivity contribution is 0.124. The maximum atomic E-state index is 5.64. The van der Waals surface area contributed by atoms with Gasteiger partial charge in [-0.05, 0) is 37.4 Å². The summed E-state index contributed by atoms with van der Waals surface area (Å²) in [7, 11) is 0. The van der Waals surface area contributed by atoms with E-state index < -0.39 is 0 Å². The second-order valence-corrected chi connectivity index (χ2v) is 5.68. The van der Waals surface area contributed by atoms with Crippen LogP contribution in [-0.4, -0.2) is 24.5 Å². The topological polar surface area (TPSA) is 28.4 Å². The Balaban J connectivity index is 1.84. The summed E-state index contributed by atoms with van der Waals surface area (Å²) >= 11 is 0. The minimum Gasteiger partial charge on any atom is -0.468 e. The maximum absolute atomic E-state index is 5.64. The average Bonchev–Trinajstić information content (AvgIpc) is 2.79. The molecule has 2 rings (SSSR count). The van der Waals surface area contributed by atoms with Crippen LogP contribution in [0.25, 0.3) is 0 Å². The van der Waals surface area contributed by atoms with Crippen LogP contribution in [0.4, 0.5) is 0 Å². The number of nitrogens with zero attached hydrogens (tertiary/aromatic N) is 1. The maximum Gasteiger partial charge on any atom is 0.118 e. The summed E-state index contributed by atoms with van der Waals surface area (Å²) in [5, 5.41) is 3.32. The van der Waals surface area contributed by atoms with Gasteiger partial charge in [0, 0.05) is 18.7 Å². The molecule has 0 amide bonds. The predicted octanol–water partition coefficient (Wildman–Crippen LogP) is 2.87. The summed E-state index contributed by atoms with van der Waals surface area (Å²) in [6.07, 6.45) is 3.19. The number of likely N-dealkylation sites (tertiary alicyclic amines) is 1. The highest BCUT2D eigenvalue weighted by atomic mass is 16.3. The molecule has 2 atom stereocenters. The van der Waals surface area contributed by atoms with Crippen molar-refractivity contribution in [1.82, 2.24) is 10.2 Å². The lowest BCUT2D eigenvalue weighted by atomic mass is 9.89. The largest absolute Gasteiger partial charge is 0.468 e. The van der Waals surface area contributed by atoms with E-state index in [9.17, 15) is 0 Å². The highest BCUT2D eigenvalue weighted by molar-refractivity contribution is 5.12. The van der Waals surface area contributed by atoms with Crippen molar-refractivity contribution in [2.24, 2.45) is 11.8 Å². The summed E-state index contributed by atoms with van der Waals surface area (Å²) in [4.78, 5) is 2.51. The quantitative estimate of drug-likeness (QED) is 0.871. The molecule has 0 saturated carbocycles. The highest BCUT2D eigenvalue weighted by Gasteiger charge is 2.23. The first-order valence-corrected chi connectivity index (χ1v) is 7.18. The van der Waals surface area contributed by atoms with E-state index in [4.69, 9.17) is 4.42 Å². The van der Waals surface area contributed by atoms with Crippen molar-refractivity contribution in [3.63, 3.8) is 0 Å². The van der Waals surface area contributed by atoms with Crippen LogP contribution in [0.15, 0.2) is 16.7 Å². The van der Waals surface area contributed by atoms with Crippen molar-refractivity contribution < 1.29 is 4.42 Å². The van der Waals surface area contributed by atoms with Crippen molar-refractivity contribution >= 4 is 0 Å². The van der Waals surface area contributed by atoms with E-state index in [1.165, 1.54) is 25.1 Å². The van der Waals surface area contributed by atoms with Crippen LogP contribution in [-0.2, 0) is 13.1 Å². The third kappa shape index (κ3) is 3.59. The molecule has 1 N–H and O–H groups in total. The zero-order valence-corrected chi connectivity index (χ0v) is 11.9. The fraction of sp³-hybridized carbons (Fsp3) is 0.733. The summed E-state index contributed by atoms with van der Waals surface area (Å²) in [5.41, 5.74) is 1.25. The molecule has 1 fully saturated rings. The van der Waals surface area contributed by atoms with E-state index >= 15 is 0 Å². The van der Waals surface area contributed by atoms with Crippen LogP contribution < -0.4 is 5.32 Å². The van der Waals surface area contributed by atoms with Gasteiger partial charge in [0.1, 0.15) is 5.76 Å².